The lowest BCUT2D eigenvalue weighted by molar-refractivity contribution is -0.135. The van der Waals surface area contributed by atoms with Crippen LogP contribution in [-0.2, 0) is 16.0 Å². The van der Waals surface area contributed by atoms with Gasteiger partial charge < -0.3 is 20.4 Å². The summed E-state index contributed by atoms with van der Waals surface area (Å²) in [6, 6.07) is 8.24. The first-order valence-corrected chi connectivity index (χ1v) is 11.3. The van der Waals surface area contributed by atoms with Gasteiger partial charge in [0.05, 0.1) is 6.54 Å². The maximum atomic E-state index is 12.8. The summed E-state index contributed by atoms with van der Waals surface area (Å²) in [7, 11) is 1.71. The summed E-state index contributed by atoms with van der Waals surface area (Å²) in [5.41, 5.74) is 2.24. The van der Waals surface area contributed by atoms with Crippen LogP contribution in [0.15, 0.2) is 29.3 Å². The molecule has 2 N–H and O–H groups in total. The maximum absolute atomic E-state index is 12.8. The number of rotatable bonds is 4. The van der Waals surface area contributed by atoms with Gasteiger partial charge in [-0.1, -0.05) is 37.5 Å². The molecule has 1 aliphatic carbocycles. The molecule has 1 saturated heterocycles. The predicted molar refractivity (Wildman–Crippen MR) is 134 cm³/mol. The van der Waals surface area contributed by atoms with Crippen LogP contribution < -0.4 is 15.5 Å². The zero-order chi connectivity index (χ0) is 20.9. The summed E-state index contributed by atoms with van der Waals surface area (Å²) < 4.78 is 0. The second-order valence-corrected chi connectivity index (χ2v) is 8.60. The molecule has 2 amide bonds. The molecule has 7 nitrogen and oxygen atoms in total. The second-order valence-electron chi connectivity index (χ2n) is 8.60. The Morgan fingerprint density at radius 3 is 2.65 bits per heavy atom. The number of anilines is 1. The number of fused-ring (bicyclic) bond motifs is 1. The van der Waals surface area contributed by atoms with Crippen molar-refractivity contribution in [1.82, 2.24) is 15.5 Å². The van der Waals surface area contributed by atoms with E-state index in [1.807, 2.05) is 28.0 Å². The average Bonchev–Trinajstić information content (AvgIpc) is 3.43. The van der Waals surface area contributed by atoms with Gasteiger partial charge in [0.25, 0.3) is 0 Å². The Kier molecular flexibility index (Phi) is 8.57. The van der Waals surface area contributed by atoms with Crippen molar-refractivity contribution < 1.29 is 9.59 Å². The standard InChI is InChI=1S/C23H33N5O2.HI/c1-24-23(25-15-21(29)28-14-11-17-7-5-6-10-20(17)28)26-19-12-13-27(16-19)22(30)18-8-3-2-4-9-18;/h5-7,10,18-19H,2-4,8-9,11-16H2,1H3,(H2,24,25,26);1H. The van der Waals surface area contributed by atoms with E-state index in [1.54, 1.807) is 7.05 Å². The molecule has 0 spiro atoms. The minimum absolute atomic E-state index is 0. The molecule has 2 aliphatic heterocycles. The van der Waals surface area contributed by atoms with Gasteiger partial charge in [-0.3, -0.25) is 14.6 Å². The lowest BCUT2D eigenvalue weighted by Gasteiger charge is -2.26. The van der Waals surface area contributed by atoms with Gasteiger partial charge in [-0.25, -0.2) is 0 Å². The molecule has 2 heterocycles. The van der Waals surface area contributed by atoms with E-state index in [9.17, 15) is 9.59 Å². The molecule has 1 unspecified atom stereocenters. The summed E-state index contributed by atoms with van der Waals surface area (Å²) in [6.45, 7) is 2.44. The Labute approximate surface area is 202 Å². The molecular weight excluding hydrogens is 505 g/mol. The molecule has 4 rings (SSSR count). The van der Waals surface area contributed by atoms with Crippen molar-refractivity contribution in [3.8, 4) is 0 Å². The molecule has 0 radical (unpaired) electrons. The molecule has 31 heavy (non-hydrogen) atoms. The van der Waals surface area contributed by atoms with Crippen LogP contribution in [0.2, 0.25) is 0 Å². The van der Waals surface area contributed by atoms with E-state index >= 15 is 0 Å². The van der Waals surface area contributed by atoms with E-state index in [1.165, 1.54) is 24.8 Å². The van der Waals surface area contributed by atoms with Crippen molar-refractivity contribution in [2.45, 2.75) is 51.0 Å². The summed E-state index contributed by atoms with van der Waals surface area (Å²) in [5.74, 6) is 1.21. The number of nitrogens with zero attached hydrogens (tertiary/aromatic N) is 3. The molecule has 1 saturated carbocycles. The highest BCUT2D eigenvalue weighted by Crippen LogP contribution is 2.28. The number of hydrogen-bond acceptors (Lipinski definition) is 3. The quantitative estimate of drug-likeness (QED) is 0.351. The number of hydrogen-bond donors (Lipinski definition) is 2. The third-order valence-corrected chi connectivity index (χ3v) is 6.61. The van der Waals surface area contributed by atoms with E-state index in [-0.39, 0.29) is 48.4 Å². The fourth-order valence-electron chi connectivity index (χ4n) is 4.93. The molecule has 0 aromatic heterocycles. The van der Waals surface area contributed by atoms with Crippen LogP contribution in [-0.4, -0.2) is 61.9 Å². The number of amides is 2. The van der Waals surface area contributed by atoms with Crippen molar-refractivity contribution in [2.24, 2.45) is 10.9 Å². The minimum atomic E-state index is 0. The average molecular weight is 539 g/mol. The molecular formula is C23H34IN5O2. The number of para-hydroxylation sites is 1. The fraction of sp³-hybridized carbons (Fsp3) is 0.609. The van der Waals surface area contributed by atoms with Gasteiger partial charge in [0, 0.05) is 44.3 Å². The van der Waals surface area contributed by atoms with Crippen molar-refractivity contribution in [3.63, 3.8) is 0 Å². The van der Waals surface area contributed by atoms with Crippen LogP contribution >= 0.6 is 24.0 Å². The van der Waals surface area contributed by atoms with Crippen molar-refractivity contribution in [2.75, 3.05) is 38.1 Å². The number of aliphatic imine (C=N–C) groups is 1. The summed E-state index contributed by atoms with van der Waals surface area (Å²) in [4.78, 5) is 33.6. The third-order valence-electron chi connectivity index (χ3n) is 6.61. The summed E-state index contributed by atoms with van der Waals surface area (Å²) in [5, 5.41) is 6.55. The van der Waals surface area contributed by atoms with Crippen molar-refractivity contribution in [1.29, 1.82) is 0 Å². The molecule has 0 bridgehead atoms. The van der Waals surface area contributed by atoms with E-state index in [4.69, 9.17) is 0 Å². The topological polar surface area (TPSA) is 77.0 Å². The predicted octanol–water partition coefficient (Wildman–Crippen LogP) is 2.54. The Morgan fingerprint density at radius 1 is 1.10 bits per heavy atom. The van der Waals surface area contributed by atoms with Crippen molar-refractivity contribution >= 4 is 47.4 Å². The number of carbonyl (C=O) groups excluding carboxylic acids is 2. The molecule has 170 valence electrons. The number of benzene rings is 1. The summed E-state index contributed by atoms with van der Waals surface area (Å²) in [6.07, 6.45) is 7.51. The van der Waals surface area contributed by atoms with Gasteiger partial charge in [-0.15, -0.1) is 24.0 Å². The Morgan fingerprint density at radius 2 is 1.87 bits per heavy atom. The van der Waals surface area contributed by atoms with Gasteiger partial charge in [-0.2, -0.15) is 0 Å². The number of likely N-dealkylation sites (tertiary alicyclic amines) is 1. The molecule has 8 heteroatoms. The highest BCUT2D eigenvalue weighted by molar-refractivity contribution is 14.0. The van der Waals surface area contributed by atoms with E-state index in [2.05, 4.69) is 21.7 Å². The van der Waals surface area contributed by atoms with Crippen LogP contribution in [0.3, 0.4) is 0 Å². The van der Waals surface area contributed by atoms with Gasteiger partial charge >= 0.3 is 0 Å². The van der Waals surface area contributed by atoms with Gasteiger partial charge in [-0.05, 0) is 37.3 Å². The highest BCUT2D eigenvalue weighted by Gasteiger charge is 2.32. The van der Waals surface area contributed by atoms with Gasteiger partial charge in [0.2, 0.25) is 11.8 Å². The number of carbonyl (C=O) groups is 2. The van der Waals surface area contributed by atoms with Crippen molar-refractivity contribution in [3.05, 3.63) is 29.8 Å². The third kappa shape index (κ3) is 5.70. The lowest BCUT2D eigenvalue weighted by atomic mass is 9.88. The molecule has 1 atom stereocenters. The van der Waals surface area contributed by atoms with E-state index < -0.39 is 0 Å². The fourth-order valence-corrected chi connectivity index (χ4v) is 4.93. The van der Waals surface area contributed by atoms with Gasteiger partial charge in [0.15, 0.2) is 5.96 Å². The first-order valence-electron chi connectivity index (χ1n) is 11.3. The first kappa shape index (κ1) is 23.8. The van der Waals surface area contributed by atoms with Crippen LogP contribution in [0.1, 0.15) is 44.1 Å². The lowest BCUT2D eigenvalue weighted by Crippen LogP contribution is -2.48. The largest absolute Gasteiger partial charge is 0.352 e. The maximum Gasteiger partial charge on any atom is 0.246 e. The zero-order valence-electron chi connectivity index (χ0n) is 18.3. The smallest absolute Gasteiger partial charge is 0.246 e. The summed E-state index contributed by atoms with van der Waals surface area (Å²) >= 11 is 0. The SMILES string of the molecule is CN=C(NCC(=O)N1CCc2ccccc21)NC1CCN(C(=O)C2CCCCC2)C1.I. The van der Waals surface area contributed by atoms with E-state index in [0.29, 0.717) is 18.4 Å². The first-order chi connectivity index (χ1) is 14.7. The van der Waals surface area contributed by atoms with Crippen LogP contribution in [0, 0.1) is 5.92 Å². The number of halogens is 1. The second kappa shape index (κ2) is 11.2. The molecule has 2 fully saturated rings. The normalized spacial score (nSPS) is 21.5. The monoisotopic (exact) mass is 539 g/mol. The molecule has 3 aliphatic rings. The van der Waals surface area contributed by atoms with Crippen LogP contribution in [0.5, 0.6) is 0 Å². The van der Waals surface area contributed by atoms with E-state index in [0.717, 1.165) is 44.5 Å². The molecule has 1 aromatic rings. The zero-order valence-corrected chi connectivity index (χ0v) is 20.6. The Hall–Kier alpha value is -1.84. The Bertz CT molecular complexity index is 809. The van der Waals surface area contributed by atoms with Gasteiger partial charge in [0.1, 0.15) is 0 Å². The Balaban J connectivity index is 0.00000272. The van der Waals surface area contributed by atoms with Crippen LogP contribution in [0.25, 0.3) is 0 Å². The highest BCUT2D eigenvalue weighted by atomic mass is 127. The molecule has 1 aromatic carbocycles. The number of guanidine groups is 1. The van der Waals surface area contributed by atoms with Crippen LogP contribution in [0.4, 0.5) is 5.69 Å². The minimum Gasteiger partial charge on any atom is -0.352 e. The number of nitrogens with one attached hydrogen (secondary N) is 2.